The smallest absolute Gasteiger partial charge is 0.244 e. The summed E-state index contributed by atoms with van der Waals surface area (Å²) in [6.45, 7) is 2.36. The molecule has 20 heavy (non-hydrogen) atoms. The standard InChI is InChI=1S/C15H17N3O2/c1-2-4-11-8-16-13(7-10(11)3-1)15-17-14(18-20-15)12-5-6-19-9-12/h1-4,12-13,16H,5-9H2/t12?,13-/m1/s1. The van der Waals surface area contributed by atoms with E-state index in [-0.39, 0.29) is 6.04 Å². The highest BCUT2D eigenvalue weighted by Gasteiger charge is 2.27. The lowest BCUT2D eigenvalue weighted by molar-refractivity contribution is 0.192. The van der Waals surface area contributed by atoms with Gasteiger partial charge in [0.1, 0.15) is 0 Å². The predicted molar refractivity (Wildman–Crippen MR) is 72.2 cm³/mol. The Bertz CT molecular complexity index is 605. The van der Waals surface area contributed by atoms with Crippen LogP contribution in [0, 0.1) is 0 Å². The highest BCUT2D eigenvalue weighted by atomic mass is 16.5. The van der Waals surface area contributed by atoms with E-state index in [9.17, 15) is 0 Å². The highest BCUT2D eigenvalue weighted by Crippen LogP contribution is 2.27. The Balaban J connectivity index is 1.54. The SMILES string of the molecule is c1ccc2c(c1)CN[C@@H](c1nc(C3CCOC3)no1)C2. The third-order valence-electron chi connectivity index (χ3n) is 4.13. The van der Waals surface area contributed by atoms with Crippen LogP contribution in [0.2, 0.25) is 0 Å². The number of aromatic nitrogens is 2. The minimum atomic E-state index is 0.119. The molecule has 0 aliphatic carbocycles. The fourth-order valence-corrected chi connectivity index (χ4v) is 2.92. The summed E-state index contributed by atoms with van der Waals surface area (Å²) >= 11 is 0. The average Bonchev–Trinajstić information content (AvgIpc) is 3.17. The van der Waals surface area contributed by atoms with Gasteiger partial charge in [0.2, 0.25) is 5.89 Å². The third kappa shape index (κ3) is 2.13. The van der Waals surface area contributed by atoms with Gasteiger partial charge in [-0.15, -0.1) is 0 Å². The molecule has 0 bridgehead atoms. The molecule has 2 aliphatic heterocycles. The first-order chi connectivity index (χ1) is 9.90. The molecule has 5 heteroatoms. The minimum Gasteiger partial charge on any atom is -0.381 e. The molecule has 5 nitrogen and oxygen atoms in total. The van der Waals surface area contributed by atoms with E-state index in [0.717, 1.165) is 31.8 Å². The number of ether oxygens (including phenoxy) is 1. The lowest BCUT2D eigenvalue weighted by atomic mass is 9.96. The molecule has 1 unspecified atom stereocenters. The Morgan fingerprint density at radius 3 is 2.95 bits per heavy atom. The molecule has 1 fully saturated rings. The molecule has 104 valence electrons. The first kappa shape index (κ1) is 12.1. The molecule has 1 saturated heterocycles. The van der Waals surface area contributed by atoms with Crippen LogP contribution < -0.4 is 5.32 Å². The Morgan fingerprint density at radius 1 is 1.20 bits per heavy atom. The van der Waals surface area contributed by atoms with Gasteiger partial charge in [0.25, 0.3) is 0 Å². The maximum atomic E-state index is 5.45. The van der Waals surface area contributed by atoms with Gasteiger partial charge in [-0.3, -0.25) is 0 Å². The molecule has 1 N–H and O–H groups in total. The van der Waals surface area contributed by atoms with Crippen molar-refractivity contribution in [3.8, 4) is 0 Å². The summed E-state index contributed by atoms with van der Waals surface area (Å²) in [6.07, 6.45) is 1.89. The second kappa shape index (κ2) is 5.00. The highest BCUT2D eigenvalue weighted by molar-refractivity contribution is 5.30. The second-order valence-corrected chi connectivity index (χ2v) is 5.46. The summed E-state index contributed by atoms with van der Waals surface area (Å²) in [5, 5.41) is 7.59. The number of hydrogen-bond acceptors (Lipinski definition) is 5. The van der Waals surface area contributed by atoms with E-state index < -0.39 is 0 Å². The Labute approximate surface area is 117 Å². The van der Waals surface area contributed by atoms with E-state index in [1.165, 1.54) is 11.1 Å². The second-order valence-electron chi connectivity index (χ2n) is 5.46. The molecule has 4 rings (SSSR count). The number of benzene rings is 1. The number of nitrogens with zero attached hydrogens (tertiary/aromatic N) is 2. The molecule has 2 aliphatic rings. The summed E-state index contributed by atoms with van der Waals surface area (Å²) < 4.78 is 10.8. The molecule has 0 amide bonds. The Morgan fingerprint density at radius 2 is 2.10 bits per heavy atom. The molecule has 2 atom stereocenters. The van der Waals surface area contributed by atoms with Crippen LogP contribution in [0.25, 0.3) is 0 Å². The van der Waals surface area contributed by atoms with Crippen LogP contribution >= 0.6 is 0 Å². The van der Waals surface area contributed by atoms with Gasteiger partial charge in [-0.25, -0.2) is 0 Å². The van der Waals surface area contributed by atoms with E-state index in [1.54, 1.807) is 0 Å². The third-order valence-corrected chi connectivity index (χ3v) is 4.13. The first-order valence-corrected chi connectivity index (χ1v) is 7.11. The van der Waals surface area contributed by atoms with Gasteiger partial charge < -0.3 is 14.6 Å². The van der Waals surface area contributed by atoms with E-state index in [0.29, 0.717) is 18.4 Å². The molecule has 0 radical (unpaired) electrons. The van der Waals surface area contributed by atoms with Gasteiger partial charge >= 0.3 is 0 Å². The van der Waals surface area contributed by atoms with Gasteiger partial charge in [-0.2, -0.15) is 4.98 Å². The zero-order valence-electron chi connectivity index (χ0n) is 11.2. The molecular formula is C15H17N3O2. The van der Waals surface area contributed by atoms with Crippen LogP contribution in [-0.2, 0) is 17.7 Å². The molecule has 0 spiro atoms. The van der Waals surface area contributed by atoms with E-state index in [2.05, 4.69) is 39.7 Å². The van der Waals surface area contributed by atoms with Crippen LogP contribution in [0.1, 0.15) is 41.2 Å². The lowest BCUT2D eigenvalue weighted by Gasteiger charge is -2.23. The fraction of sp³-hybridized carbons (Fsp3) is 0.467. The zero-order valence-corrected chi connectivity index (χ0v) is 11.2. The summed E-state index contributed by atoms with van der Waals surface area (Å²) in [6, 6.07) is 8.61. The Hall–Kier alpha value is -1.72. The van der Waals surface area contributed by atoms with Crippen molar-refractivity contribution in [3.05, 3.63) is 47.1 Å². The largest absolute Gasteiger partial charge is 0.381 e. The van der Waals surface area contributed by atoms with Crippen molar-refractivity contribution in [2.45, 2.75) is 31.3 Å². The van der Waals surface area contributed by atoms with Crippen LogP contribution in [0.3, 0.4) is 0 Å². The molecule has 3 heterocycles. The Kier molecular flexibility index (Phi) is 3.01. The van der Waals surface area contributed by atoms with E-state index in [4.69, 9.17) is 9.26 Å². The summed E-state index contributed by atoms with van der Waals surface area (Å²) in [7, 11) is 0. The van der Waals surface area contributed by atoms with Gasteiger partial charge in [-0.1, -0.05) is 29.4 Å². The number of nitrogens with one attached hydrogen (secondary N) is 1. The summed E-state index contributed by atoms with van der Waals surface area (Å²) in [5.74, 6) is 1.78. The lowest BCUT2D eigenvalue weighted by Crippen LogP contribution is -2.28. The predicted octanol–water partition coefficient (Wildman–Crippen LogP) is 1.96. The summed E-state index contributed by atoms with van der Waals surface area (Å²) in [5.41, 5.74) is 2.72. The van der Waals surface area contributed by atoms with Crippen LogP contribution in [0.5, 0.6) is 0 Å². The monoisotopic (exact) mass is 271 g/mol. The van der Waals surface area contributed by atoms with Crippen molar-refractivity contribution in [3.63, 3.8) is 0 Å². The van der Waals surface area contributed by atoms with Crippen molar-refractivity contribution in [2.75, 3.05) is 13.2 Å². The van der Waals surface area contributed by atoms with Gasteiger partial charge in [0.15, 0.2) is 5.82 Å². The maximum absolute atomic E-state index is 5.45. The summed E-state index contributed by atoms with van der Waals surface area (Å²) in [4.78, 5) is 4.57. The van der Waals surface area contributed by atoms with Crippen LogP contribution in [-0.4, -0.2) is 23.4 Å². The molecule has 1 aromatic heterocycles. The minimum absolute atomic E-state index is 0.119. The van der Waals surface area contributed by atoms with Crippen molar-refractivity contribution in [1.82, 2.24) is 15.5 Å². The van der Waals surface area contributed by atoms with Gasteiger partial charge in [-0.05, 0) is 24.0 Å². The van der Waals surface area contributed by atoms with Crippen molar-refractivity contribution in [1.29, 1.82) is 0 Å². The van der Waals surface area contributed by atoms with Gasteiger partial charge in [0.05, 0.1) is 12.6 Å². The van der Waals surface area contributed by atoms with Crippen LogP contribution in [0.4, 0.5) is 0 Å². The number of fused-ring (bicyclic) bond motifs is 1. The van der Waals surface area contributed by atoms with E-state index >= 15 is 0 Å². The van der Waals surface area contributed by atoms with Crippen molar-refractivity contribution >= 4 is 0 Å². The number of rotatable bonds is 2. The van der Waals surface area contributed by atoms with E-state index in [1.807, 2.05) is 0 Å². The van der Waals surface area contributed by atoms with Crippen molar-refractivity contribution in [2.24, 2.45) is 0 Å². The van der Waals surface area contributed by atoms with Crippen molar-refractivity contribution < 1.29 is 9.26 Å². The molecular weight excluding hydrogens is 254 g/mol. The fourth-order valence-electron chi connectivity index (χ4n) is 2.92. The zero-order chi connectivity index (χ0) is 13.4. The molecule has 2 aromatic rings. The average molecular weight is 271 g/mol. The normalized spacial score (nSPS) is 25.6. The molecule has 0 saturated carbocycles. The van der Waals surface area contributed by atoms with Gasteiger partial charge in [0, 0.05) is 19.1 Å². The quantitative estimate of drug-likeness (QED) is 0.904. The number of hydrogen-bond donors (Lipinski definition) is 1. The topological polar surface area (TPSA) is 60.2 Å². The maximum Gasteiger partial charge on any atom is 0.244 e. The molecule has 1 aromatic carbocycles. The van der Waals surface area contributed by atoms with Crippen LogP contribution in [0.15, 0.2) is 28.8 Å². The first-order valence-electron chi connectivity index (χ1n) is 7.11.